The molecule has 0 spiro atoms. The van der Waals surface area contributed by atoms with E-state index in [9.17, 15) is 4.79 Å². The van der Waals surface area contributed by atoms with Gasteiger partial charge in [0.05, 0.1) is 28.5 Å². The van der Waals surface area contributed by atoms with Gasteiger partial charge in [-0.3, -0.25) is 9.78 Å². The summed E-state index contributed by atoms with van der Waals surface area (Å²) in [6, 6.07) is 6.62. The molecule has 0 fully saturated rings. The van der Waals surface area contributed by atoms with Crippen molar-refractivity contribution in [3.63, 3.8) is 0 Å². The summed E-state index contributed by atoms with van der Waals surface area (Å²) in [6.45, 7) is 2.74. The first-order valence-electron chi connectivity index (χ1n) is 8.45. The third-order valence-electron chi connectivity index (χ3n) is 3.67. The normalized spacial score (nSPS) is 10.5. The summed E-state index contributed by atoms with van der Waals surface area (Å²) >= 11 is 12.5. The van der Waals surface area contributed by atoms with E-state index in [0.717, 1.165) is 12.8 Å². The number of unbranched alkanes of at least 4 members (excludes halogenated alkanes) is 4. The maximum Gasteiger partial charge on any atom is 0.255 e. The van der Waals surface area contributed by atoms with Gasteiger partial charge in [0.2, 0.25) is 0 Å². The van der Waals surface area contributed by atoms with Gasteiger partial charge in [-0.2, -0.15) is 0 Å². The Morgan fingerprint density at radius 3 is 2.52 bits per heavy atom. The van der Waals surface area contributed by atoms with E-state index in [0.29, 0.717) is 33.7 Å². The summed E-state index contributed by atoms with van der Waals surface area (Å²) in [4.78, 5) is 16.2. The second kappa shape index (κ2) is 10.3. The van der Waals surface area contributed by atoms with Crippen LogP contribution in [0.3, 0.4) is 0 Å². The Balaban J connectivity index is 1.95. The van der Waals surface area contributed by atoms with Gasteiger partial charge in [0, 0.05) is 11.8 Å². The number of carbonyl (C=O) groups excluding carboxylic acids is 1. The number of nitrogens with zero attached hydrogens (tertiary/aromatic N) is 1. The molecule has 1 aromatic heterocycles. The van der Waals surface area contributed by atoms with Gasteiger partial charge in [-0.25, -0.2) is 0 Å². The summed E-state index contributed by atoms with van der Waals surface area (Å²) in [6.07, 6.45) is 8.93. The average Bonchev–Trinajstić information content (AvgIpc) is 2.60. The highest BCUT2D eigenvalue weighted by molar-refractivity contribution is 6.37. The zero-order valence-electron chi connectivity index (χ0n) is 14.2. The minimum Gasteiger partial charge on any atom is -0.490 e. The minimum atomic E-state index is -0.303. The van der Waals surface area contributed by atoms with Crippen molar-refractivity contribution in [3.05, 3.63) is 52.3 Å². The molecule has 1 aromatic carbocycles. The van der Waals surface area contributed by atoms with Crippen molar-refractivity contribution in [1.82, 2.24) is 4.98 Å². The summed E-state index contributed by atoms with van der Waals surface area (Å²) in [5.74, 6) is 0.125. The van der Waals surface area contributed by atoms with Crippen LogP contribution < -0.4 is 10.1 Å². The smallest absolute Gasteiger partial charge is 0.255 e. The van der Waals surface area contributed by atoms with Crippen molar-refractivity contribution in [2.24, 2.45) is 0 Å². The van der Waals surface area contributed by atoms with E-state index >= 15 is 0 Å². The van der Waals surface area contributed by atoms with Crippen molar-refractivity contribution < 1.29 is 9.53 Å². The van der Waals surface area contributed by atoms with Crippen LogP contribution in [0.15, 0.2) is 36.7 Å². The van der Waals surface area contributed by atoms with Gasteiger partial charge in [0.25, 0.3) is 5.91 Å². The second-order valence-corrected chi connectivity index (χ2v) is 6.54. The van der Waals surface area contributed by atoms with Gasteiger partial charge in [-0.05, 0) is 30.7 Å². The highest BCUT2D eigenvalue weighted by atomic mass is 35.5. The number of ether oxygens (including phenoxy) is 1. The standard InChI is InChI=1S/C19H22Cl2N2O2/c1-2-3-4-5-6-10-25-18-16(20)11-14(12-17(18)21)19(24)23-15-8-7-9-22-13-15/h7-9,11-13H,2-6,10H2,1H3,(H,23,24). The third-order valence-corrected chi connectivity index (χ3v) is 4.24. The molecule has 0 atom stereocenters. The van der Waals surface area contributed by atoms with Crippen molar-refractivity contribution in [2.75, 3.05) is 11.9 Å². The summed E-state index contributed by atoms with van der Waals surface area (Å²) in [5, 5.41) is 3.41. The Bertz CT molecular complexity index is 670. The Kier molecular flexibility index (Phi) is 8.02. The first kappa shape index (κ1) is 19.5. The molecular weight excluding hydrogens is 359 g/mol. The van der Waals surface area contributed by atoms with Crippen LogP contribution in [0, 0.1) is 0 Å². The molecule has 6 heteroatoms. The van der Waals surface area contributed by atoms with Gasteiger partial charge in [0.1, 0.15) is 0 Å². The molecule has 1 N–H and O–H groups in total. The van der Waals surface area contributed by atoms with Gasteiger partial charge in [-0.1, -0.05) is 55.8 Å². The number of hydrogen-bond acceptors (Lipinski definition) is 3. The van der Waals surface area contributed by atoms with Gasteiger partial charge < -0.3 is 10.1 Å². The number of anilines is 1. The molecule has 25 heavy (non-hydrogen) atoms. The molecule has 0 radical (unpaired) electrons. The number of amides is 1. The van der Waals surface area contributed by atoms with E-state index in [-0.39, 0.29) is 5.91 Å². The van der Waals surface area contributed by atoms with Crippen molar-refractivity contribution in [3.8, 4) is 5.75 Å². The topological polar surface area (TPSA) is 51.2 Å². The lowest BCUT2D eigenvalue weighted by Crippen LogP contribution is -2.12. The summed E-state index contributed by atoms with van der Waals surface area (Å²) in [7, 11) is 0. The Morgan fingerprint density at radius 2 is 1.88 bits per heavy atom. The first-order chi connectivity index (χ1) is 12.1. The predicted molar refractivity (Wildman–Crippen MR) is 103 cm³/mol. The lowest BCUT2D eigenvalue weighted by atomic mass is 10.1. The largest absolute Gasteiger partial charge is 0.490 e. The molecule has 0 saturated heterocycles. The van der Waals surface area contributed by atoms with E-state index < -0.39 is 0 Å². The molecule has 0 aliphatic heterocycles. The van der Waals surface area contributed by atoms with Crippen LogP contribution in [0.1, 0.15) is 49.4 Å². The molecule has 2 aromatic rings. The number of hydrogen-bond donors (Lipinski definition) is 1. The Labute approximate surface area is 158 Å². The molecule has 0 saturated carbocycles. The van der Waals surface area contributed by atoms with Gasteiger partial charge in [-0.15, -0.1) is 0 Å². The Morgan fingerprint density at radius 1 is 1.16 bits per heavy atom. The number of carbonyl (C=O) groups is 1. The zero-order valence-corrected chi connectivity index (χ0v) is 15.7. The number of nitrogens with one attached hydrogen (secondary N) is 1. The zero-order chi connectivity index (χ0) is 18.1. The molecule has 0 aliphatic carbocycles. The molecule has 4 nitrogen and oxygen atoms in total. The molecule has 2 rings (SSSR count). The highest BCUT2D eigenvalue weighted by Gasteiger charge is 2.14. The highest BCUT2D eigenvalue weighted by Crippen LogP contribution is 2.34. The van der Waals surface area contributed by atoms with Crippen LogP contribution in [-0.2, 0) is 0 Å². The molecular formula is C19H22Cl2N2O2. The molecule has 0 bridgehead atoms. The second-order valence-electron chi connectivity index (χ2n) is 5.73. The predicted octanol–water partition coefficient (Wildman–Crippen LogP) is 5.99. The van der Waals surface area contributed by atoms with E-state index in [1.165, 1.54) is 19.3 Å². The maximum atomic E-state index is 12.3. The van der Waals surface area contributed by atoms with E-state index in [2.05, 4.69) is 17.2 Å². The fourth-order valence-corrected chi connectivity index (χ4v) is 2.94. The van der Waals surface area contributed by atoms with Crippen LogP contribution in [0.2, 0.25) is 10.0 Å². The molecule has 0 aliphatic rings. The van der Waals surface area contributed by atoms with Crippen LogP contribution in [0.25, 0.3) is 0 Å². The number of halogens is 2. The van der Waals surface area contributed by atoms with Crippen LogP contribution in [0.5, 0.6) is 5.75 Å². The fraction of sp³-hybridized carbons (Fsp3) is 0.368. The first-order valence-corrected chi connectivity index (χ1v) is 9.20. The van der Waals surface area contributed by atoms with Gasteiger partial charge in [0.15, 0.2) is 5.75 Å². The minimum absolute atomic E-state index is 0.303. The van der Waals surface area contributed by atoms with Gasteiger partial charge >= 0.3 is 0 Å². The lowest BCUT2D eigenvalue weighted by molar-refractivity contribution is 0.102. The van der Waals surface area contributed by atoms with Crippen molar-refractivity contribution in [2.45, 2.75) is 39.0 Å². The fourth-order valence-electron chi connectivity index (χ4n) is 2.35. The van der Waals surface area contributed by atoms with Crippen LogP contribution in [0.4, 0.5) is 5.69 Å². The maximum absolute atomic E-state index is 12.3. The van der Waals surface area contributed by atoms with Crippen molar-refractivity contribution in [1.29, 1.82) is 0 Å². The Hall–Kier alpha value is -1.78. The number of rotatable bonds is 9. The van der Waals surface area contributed by atoms with Crippen molar-refractivity contribution >= 4 is 34.8 Å². The number of pyridine rings is 1. The third kappa shape index (κ3) is 6.22. The average molecular weight is 381 g/mol. The molecule has 1 heterocycles. The van der Waals surface area contributed by atoms with E-state index in [1.807, 2.05) is 0 Å². The SMILES string of the molecule is CCCCCCCOc1c(Cl)cc(C(=O)Nc2cccnc2)cc1Cl. The quantitative estimate of drug-likeness (QED) is 0.543. The van der Waals surface area contributed by atoms with E-state index in [4.69, 9.17) is 27.9 Å². The van der Waals surface area contributed by atoms with Crippen LogP contribution >= 0.6 is 23.2 Å². The monoisotopic (exact) mass is 380 g/mol. The molecule has 1 amide bonds. The number of benzene rings is 1. The molecule has 134 valence electrons. The lowest BCUT2D eigenvalue weighted by Gasteiger charge is -2.12. The number of aromatic nitrogens is 1. The summed E-state index contributed by atoms with van der Waals surface area (Å²) in [5.41, 5.74) is 0.973. The van der Waals surface area contributed by atoms with Crippen LogP contribution in [-0.4, -0.2) is 17.5 Å². The summed E-state index contributed by atoms with van der Waals surface area (Å²) < 4.78 is 5.70. The van der Waals surface area contributed by atoms with E-state index in [1.54, 1.807) is 36.7 Å². The molecule has 0 unspecified atom stereocenters.